The fraction of sp³-hybridized carbons (Fsp3) is 0.412. The van der Waals surface area contributed by atoms with Crippen molar-refractivity contribution in [2.75, 3.05) is 19.8 Å². The Hall–Kier alpha value is -1.66. The summed E-state index contributed by atoms with van der Waals surface area (Å²) < 4.78 is 13.5. The number of nitrogens with zero attached hydrogens (tertiary/aromatic N) is 2. The van der Waals surface area contributed by atoms with E-state index in [1.54, 1.807) is 6.20 Å². The highest BCUT2D eigenvalue weighted by Crippen LogP contribution is 2.32. The molecule has 5 nitrogen and oxygen atoms in total. The van der Waals surface area contributed by atoms with Crippen LogP contribution in [0.4, 0.5) is 0 Å². The van der Waals surface area contributed by atoms with Crippen molar-refractivity contribution >= 4 is 21.9 Å². The summed E-state index contributed by atoms with van der Waals surface area (Å²) in [6, 6.07) is 7.90. The lowest BCUT2D eigenvalue weighted by Gasteiger charge is -2.24. The van der Waals surface area contributed by atoms with E-state index in [9.17, 15) is 4.79 Å². The van der Waals surface area contributed by atoms with Gasteiger partial charge in [-0.1, -0.05) is 22.0 Å². The van der Waals surface area contributed by atoms with Crippen molar-refractivity contribution in [1.82, 2.24) is 9.78 Å². The van der Waals surface area contributed by atoms with E-state index in [1.807, 2.05) is 35.9 Å². The SMILES string of the molecule is CCOC(=O)c1cnn(-c2cccc(Br)c2)c1C1CCOCC1. The normalized spacial score (nSPS) is 15.6. The fourth-order valence-corrected chi connectivity index (χ4v) is 3.29. The topological polar surface area (TPSA) is 53.3 Å². The second-order valence-electron chi connectivity index (χ2n) is 5.44. The van der Waals surface area contributed by atoms with E-state index in [-0.39, 0.29) is 11.9 Å². The average molecular weight is 379 g/mol. The van der Waals surface area contributed by atoms with Crippen LogP contribution in [0.15, 0.2) is 34.9 Å². The maximum Gasteiger partial charge on any atom is 0.341 e. The van der Waals surface area contributed by atoms with Crippen LogP contribution in [0.25, 0.3) is 5.69 Å². The summed E-state index contributed by atoms with van der Waals surface area (Å²) >= 11 is 3.49. The third-order valence-corrected chi connectivity index (χ3v) is 4.46. The van der Waals surface area contributed by atoms with Crippen molar-refractivity contribution in [3.05, 3.63) is 46.2 Å². The van der Waals surface area contributed by atoms with Gasteiger partial charge in [0.2, 0.25) is 0 Å². The zero-order valence-electron chi connectivity index (χ0n) is 13.0. The molecule has 1 aliphatic heterocycles. The monoisotopic (exact) mass is 378 g/mol. The van der Waals surface area contributed by atoms with E-state index in [0.717, 1.165) is 28.7 Å². The van der Waals surface area contributed by atoms with Crippen molar-refractivity contribution in [3.63, 3.8) is 0 Å². The van der Waals surface area contributed by atoms with Gasteiger partial charge in [0.05, 0.1) is 24.2 Å². The van der Waals surface area contributed by atoms with Gasteiger partial charge in [0.1, 0.15) is 5.56 Å². The Bertz CT molecular complexity index is 693. The number of benzene rings is 1. The lowest BCUT2D eigenvalue weighted by Crippen LogP contribution is -2.20. The number of halogens is 1. The second-order valence-corrected chi connectivity index (χ2v) is 6.36. The zero-order valence-corrected chi connectivity index (χ0v) is 14.6. The van der Waals surface area contributed by atoms with Crippen LogP contribution in [0.1, 0.15) is 41.7 Å². The van der Waals surface area contributed by atoms with Crippen LogP contribution in [0.2, 0.25) is 0 Å². The first-order valence-corrected chi connectivity index (χ1v) is 8.58. The molecule has 122 valence electrons. The molecule has 0 amide bonds. The number of ether oxygens (including phenoxy) is 2. The number of hydrogen-bond donors (Lipinski definition) is 0. The lowest BCUT2D eigenvalue weighted by atomic mass is 9.93. The van der Waals surface area contributed by atoms with Gasteiger partial charge in [-0.05, 0) is 38.0 Å². The predicted molar refractivity (Wildman–Crippen MR) is 90.0 cm³/mol. The van der Waals surface area contributed by atoms with Gasteiger partial charge in [0.15, 0.2) is 0 Å². The van der Waals surface area contributed by atoms with Crippen LogP contribution in [-0.2, 0) is 9.47 Å². The van der Waals surface area contributed by atoms with Gasteiger partial charge in [-0.3, -0.25) is 0 Å². The van der Waals surface area contributed by atoms with E-state index in [4.69, 9.17) is 9.47 Å². The molecule has 3 rings (SSSR count). The molecule has 0 radical (unpaired) electrons. The first-order valence-electron chi connectivity index (χ1n) is 7.79. The molecule has 23 heavy (non-hydrogen) atoms. The van der Waals surface area contributed by atoms with Gasteiger partial charge in [-0.2, -0.15) is 5.10 Å². The highest BCUT2D eigenvalue weighted by atomic mass is 79.9. The lowest BCUT2D eigenvalue weighted by molar-refractivity contribution is 0.0519. The summed E-state index contributed by atoms with van der Waals surface area (Å²) in [5.41, 5.74) is 2.40. The number of carbonyl (C=O) groups excluding carboxylic acids is 1. The minimum atomic E-state index is -0.310. The molecule has 2 aromatic rings. The summed E-state index contributed by atoms with van der Waals surface area (Å²) in [4.78, 5) is 12.3. The molecule has 0 bridgehead atoms. The molecule has 0 aliphatic carbocycles. The van der Waals surface area contributed by atoms with Crippen LogP contribution in [0, 0.1) is 0 Å². The average Bonchev–Trinajstić information content (AvgIpc) is 3.01. The van der Waals surface area contributed by atoms with Gasteiger partial charge < -0.3 is 9.47 Å². The Balaban J connectivity index is 2.06. The number of carbonyl (C=O) groups is 1. The molecule has 1 aromatic heterocycles. The Labute approximate surface area is 143 Å². The molecule has 1 saturated heterocycles. The van der Waals surface area contributed by atoms with E-state index in [1.165, 1.54) is 0 Å². The van der Waals surface area contributed by atoms with Crippen LogP contribution in [0.5, 0.6) is 0 Å². The standard InChI is InChI=1S/C17H19BrN2O3/c1-2-23-17(21)15-11-19-20(14-5-3-4-13(18)10-14)16(15)12-6-8-22-9-7-12/h3-5,10-12H,2,6-9H2,1H3. The first-order chi connectivity index (χ1) is 11.2. The molecular formula is C17H19BrN2O3. The molecule has 6 heteroatoms. The third-order valence-electron chi connectivity index (χ3n) is 3.96. The molecule has 0 spiro atoms. The molecule has 0 N–H and O–H groups in total. The van der Waals surface area contributed by atoms with Crippen molar-refractivity contribution in [2.45, 2.75) is 25.7 Å². The Morgan fingerprint density at radius 3 is 2.91 bits per heavy atom. The van der Waals surface area contributed by atoms with Gasteiger partial charge in [0, 0.05) is 23.6 Å². The van der Waals surface area contributed by atoms with Crippen molar-refractivity contribution in [3.8, 4) is 5.69 Å². The maximum atomic E-state index is 12.3. The van der Waals surface area contributed by atoms with Crippen LogP contribution in [0.3, 0.4) is 0 Å². The summed E-state index contributed by atoms with van der Waals surface area (Å²) in [5.74, 6) is -0.0696. The molecule has 0 atom stereocenters. The van der Waals surface area contributed by atoms with E-state index in [0.29, 0.717) is 25.4 Å². The summed E-state index contributed by atoms with van der Waals surface area (Å²) in [5, 5.41) is 4.46. The molecule has 2 heterocycles. The Morgan fingerprint density at radius 2 is 2.22 bits per heavy atom. The third kappa shape index (κ3) is 3.48. The molecule has 1 aromatic carbocycles. The highest BCUT2D eigenvalue weighted by molar-refractivity contribution is 9.10. The zero-order chi connectivity index (χ0) is 16.2. The Morgan fingerprint density at radius 1 is 1.43 bits per heavy atom. The number of hydrogen-bond acceptors (Lipinski definition) is 4. The van der Waals surface area contributed by atoms with Crippen molar-refractivity contribution in [2.24, 2.45) is 0 Å². The largest absolute Gasteiger partial charge is 0.462 e. The molecule has 0 saturated carbocycles. The van der Waals surface area contributed by atoms with Gasteiger partial charge in [0.25, 0.3) is 0 Å². The Kier molecular flexibility index (Phi) is 5.13. The summed E-state index contributed by atoms with van der Waals surface area (Å²) in [7, 11) is 0. The minimum Gasteiger partial charge on any atom is -0.462 e. The van der Waals surface area contributed by atoms with E-state index in [2.05, 4.69) is 21.0 Å². The van der Waals surface area contributed by atoms with Crippen molar-refractivity contribution < 1.29 is 14.3 Å². The molecule has 1 aliphatic rings. The first kappa shape index (κ1) is 16.2. The van der Waals surface area contributed by atoms with Crippen LogP contribution in [-0.4, -0.2) is 35.6 Å². The van der Waals surface area contributed by atoms with Gasteiger partial charge in [-0.15, -0.1) is 0 Å². The smallest absolute Gasteiger partial charge is 0.341 e. The number of rotatable bonds is 4. The molecule has 1 fully saturated rings. The second kappa shape index (κ2) is 7.27. The van der Waals surface area contributed by atoms with E-state index < -0.39 is 0 Å². The van der Waals surface area contributed by atoms with Gasteiger partial charge in [-0.25, -0.2) is 9.48 Å². The van der Waals surface area contributed by atoms with Gasteiger partial charge >= 0.3 is 5.97 Å². The molecule has 0 unspecified atom stereocenters. The van der Waals surface area contributed by atoms with Crippen LogP contribution >= 0.6 is 15.9 Å². The quantitative estimate of drug-likeness (QED) is 0.761. The predicted octanol–water partition coefficient (Wildman–Crippen LogP) is 3.71. The molecular weight excluding hydrogens is 360 g/mol. The number of esters is 1. The highest BCUT2D eigenvalue weighted by Gasteiger charge is 2.28. The fourth-order valence-electron chi connectivity index (χ4n) is 2.90. The van der Waals surface area contributed by atoms with E-state index >= 15 is 0 Å². The minimum absolute atomic E-state index is 0.240. The van der Waals surface area contributed by atoms with Crippen LogP contribution < -0.4 is 0 Å². The number of aromatic nitrogens is 2. The summed E-state index contributed by atoms with van der Waals surface area (Å²) in [6.07, 6.45) is 3.38. The maximum absolute atomic E-state index is 12.3. The summed E-state index contributed by atoms with van der Waals surface area (Å²) in [6.45, 7) is 3.58. The van der Waals surface area contributed by atoms with Crippen molar-refractivity contribution in [1.29, 1.82) is 0 Å².